The van der Waals surface area contributed by atoms with Crippen molar-refractivity contribution in [3.05, 3.63) is 90.1 Å². The standard InChI is InChI=1S/C25H28N4OS/c30-25(27-14-19-31-24-8-4-5-13-26-24)22-11-9-21(10-12-22)20-28-15-17-29(18-16-28)23-6-2-1-3-7-23/h1-13H,14-20H2,(H,27,30). The van der Waals surface area contributed by atoms with E-state index < -0.39 is 0 Å². The fraction of sp³-hybridized carbons (Fsp3) is 0.280. The van der Waals surface area contributed by atoms with Crippen LogP contribution >= 0.6 is 11.8 Å². The predicted octanol–water partition coefficient (Wildman–Crippen LogP) is 3.93. The number of carbonyl (C=O) groups excluding carboxylic acids is 1. The van der Waals surface area contributed by atoms with Gasteiger partial charge in [0.25, 0.3) is 5.91 Å². The lowest BCUT2D eigenvalue weighted by Gasteiger charge is -2.36. The molecule has 0 atom stereocenters. The van der Waals surface area contributed by atoms with Crippen molar-refractivity contribution >= 4 is 23.4 Å². The van der Waals surface area contributed by atoms with Crippen molar-refractivity contribution in [2.75, 3.05) is 43.4 Å². The maximum atomic E-state index is 12.4. The van der Waals surface area contributed by atoms with Crippen LogP contribution in [0.1, 0.15) is 15.9 Å². The van der Waals surface area contributed by atoms with Crippen LogP contribution in [0.5, 0.6) is 0 Å². The van der Waals surface area contributed by atoms with Crippen molar-refractivity contribution in [2.24, 2.45) is 0 Å². The number of carbonyl (C=O) groups is 1. The zero-order valence-corrected chi connectivity index (χ0v) is 18.4. The largest absolute Gasteiger partial charge is 0.369 e. The molecule has 5 nitrogen and oxygen atoms in total. The van der Waals surface area contributed by atoms with Crippen molar-refractivity contribution in [1.29, 1.82) is 0 Å². The fourth-order valence-electron chi connectivity index (χ4n) is 3.68. The number of benzene rings is 2. The van der Waals surface area contributed by atoms with E-state index in [0.717, 1.165) is 43.5 Å². The minimum Gasteiger partial charge on any atom is -0.369 e. The Bertz CT molecular complexity index is 942. The number of rotatable bonds is 8. The summed E-state index contributed by atoms with van der Waals surface area (Å²) in [4.78, 5) is 21.6. The van der Waals surface area contributed by atoms with Crippen LogP contribution in [0.4, 0.5) is 5.69 Å². The van der Waals surface area contributed by atoms with E-state index in [-0.39, 0.29) is 5.91 Å². The van der Waals surface area contributed by atoms with Crippen molar-refractivity contribution in [3.8, 4) is 0 Å². The molecule has 1 fully saturated rings. The molecular weight excluding hydrogens is 404 g/mol. The molecule has 0 radical (unpaired) electrons. The quantitative estimate of drug-likeness (QED) is 0.432. The van der Waals surface area contributed by atoms with Crippen LogP contribution < -0.4 is 10.2 Å². The van der Waals surface area contributed by atoms with E-state index in [1.165, 1.54) is 11.3 Å². The van der Waals surface area contributed by atoms with E-state index in [0.29, 0.717) is 12.1 Å². The predicted molar refractivity (Wildman–Crippen MR) is 128 cm³/mol. The number of hydrogen-bond donors (Lipinski definition) is 1. The number of amides is 1. The molecule has 1 N–H and O–H groups in total. The van der Waals surface area contributed by atoms with E-state index in [1.807, 2.05) is 30.3 Å². The second-order valence-corrected chi connectivity index (χ2v) is 8.68. The number of piperazine rings is 1. The van der Waals surface area contributed by atoms with Gasteiger partial charge in [-0.15, -0.1) is 11.8 Å². The highest BCUT2D eigenvalue weighted by atomic mass is 32.2. The lowest BCUT2D eigenvalue weighted by Crippen LogP contribution is -2.45. The molecule has 6 heteroatoms. The maximum absolute atomic E-state index is 12.4. The Morgan fingerprint density at radius 2 is 1.65 bits per heavy atom. The highest BCUT2D eigenvalue weighted by molar-refractivity contribution is 7.99. The van der Waals surface area contributed by atoms with Gasteiger partial charge in [-0.25, -0.2) is 4.98 Å². The van der Waals surface area contributed by atoms with Gasteiger partial charge in [0.2, 0.25) is 0 Å². The average molecular weight is 433 g/mol. The number of nitrogens with one attached hydrogen (secondary N) is 1. The van der Waals surface area contributed by atoms with Gasteiger partial charge in [0, 0.05) is 62.5 Å². The number of pyridine rings is 1. The molecule has 1 aliphatic heterocycles. The van der Waals surface area contributed by atoms with Crippen molar-refractivity contribution in [3.63, 3.8) is 0 Å². The molecule has 0 spiro atoms. The first-order valence-corrected chi connectivity index (χ1v) is 11.7. The first kappa shape index (κ1) is 21.4. The number of anilines is 1. The number of para-hydroxylation sites is 1. The van der Waals surface area contributed by atoms with Crippen LogP contribution in [0.15, 0.2) is 84.0 Å². The molecule has 160 valence electrons. The van der Waals surface area contributed by atoms with Crippen molar-refractivity contribution in [1.82, 2.24) is 15.2 Å². The summed E-state index contributed by atoms with van der Waals surface area (Å²) in [5.74, 6) is 0.778. The molecule has 2 heterocycles. The molecule has 1 aromatic heterocycles. The van der Waals surface area contributed by atoms with Crippen molar-refractivity contribution in [2.45, 2.75) is 11.6 Å². The molecule has 0 unspecified atom stereocenters. The van der Waals surface area contributed by atoms with Gasteiger partial charge in [-0.05, 0) is 42.0 Å². The van der Waals surface area contributed by atoms with Gasteiger partial charge in [0.15, 0.2) is 0 Å². The van der Waals surface area contributed by atoms with Gasteiger partial charge >= 0.3 is 0 Å². The number of aromatic nitrogens is 1. The second kappa shape index (κ2) is 11.0. The Morgan fingerprint density at radius 3 is 2.35 bits per heavy atom. The van der Waals surface area contributed by atoms with Crippen LogP contribution in [0.25, 0.3) is 0 Å². The number of thioether (sulfide) groups is 1. The summed E-state index contributed by atoms with van der Waals surface area (Å²) in [6.07, 6.45) is 1.78. The zero-order valence-electron chi connectivity index (χ0n) is 17.6. The van der Waals surface area contributed by atoms with E-state index in [2.05, 4.69) is 62.6 Å². The molecule has 1 amide bonds. The van der Waals surface area contributed by atoms with E-state index in [4.69, 9.17) is 0 Å². The van der Waals surface area contributed by atoms with E-state index in [9.17, 15) is 4.79 Å². The molecule has 0 bridgehead atoms. The van der Waals surface area contributed by atoms with Crippen LogP contribution in [0.3, 0.4) is 0 Å². The summed E-state index contributed by atoms with van der Waals surface area (Å²) in [6.45, 7) is 5.72. The molecule has 0 saturated carbocycles. The Morgan fingerprint density at radius 1 is 0.903 bits per heavy atom. The molecule has 3 aromatic rings. The molecule has 2 aromatic carbocycles. The van der Waals surface area contributed by atoms with Gasteiger partial charge < -0.3 is 10.2 Å². The Hall–Kier alpha value is -2.83. The van der Waals surface area contributed by atoms with Gasteiger partial charge in [-0.3, -0.25) is 9.69 Å². The average Bonchev–Trinajstić information content (AvgIpc) is 2.84. The Balaban J connectivity index is 1.19. The summed E-state index contributed by atoms with van der Waals surface area (Å²) in [6, 6.07) is 24.5. The molecule has 31 heavy (non-hydrogen) atoms. The first-order valence-electron chi connectivity index (χ1n) is 10.7. The lowest BCUT2D eigenvalue weighted by molar-refractivity contribution is 0.0956. The zero-order chi connectivity index (χ0) is 21.3. The third kappa shape index (κ3) is 6.32. The summed E-state index contributed by atoms with van der Waals surface area (Å²) in [7, 11) is 0. The Kier molecular flexibility index (Phi) is 7.58. The summed E-state index contributed by atoms with van der Waals surface area (Å²) in [5.41, 5.74) is 3.26. The van der Waals surface area contributed by atoms with Gasteiger partial charge in [-0.1, -0.05) is 36.4 Å². The van der Waals surface area contributed by atoms with E-state index in [1.54, 1.807) is 18.0 Å². The smallest absolute Gasteiger partial charge is 0.251 e. The van der Waals surface area contributed by atoms with Gasteiger partial charge in [-0.2, -0.15) is 0 Å². The summed E-state index contributed by atoms with van der Waals surface area (Å²) < 4.78 is 0. The monoisotopic (exact) mass is 432 g/mol. The van der Waals surface area contributed by atoms with Crippen LogP contribution in [0, 0.1) is 0 Å². The molecule has 1 saturated heterocycles. The van der Waals surface area contributed by atoms with Crippen LogP contribution in [0.2, 0.25) is 0 Å². The van der Waals surface area contributed by atoms with Gasteiger partial charge in [0.1, 0.15) is 0 Å². The van der Waals surface area contributed by atoms with E-state index >= 15 is 0 Å². The maximum Gasteiger partial charge on any atom is 0.251 e. The topological polar surface area (TPSA) is 48.5 Å². The van der Waals surface area contributed by atoms with Gasteiger partial charge in [0.05, 0.1) is 5.03 Å². The first-order chi connectivity index (χ1) is 15.3. The molecular formula is C25H28N4OS. The summed E-state index contributed by atoms with van der Waals surface area (Å²) in [5, 5.41) is 3.96. The highest BCUT2D eigenvalue weighted by Gasteiger charge is 2.17. The highest BCUT2D eigenvalue weighted by Crippen LogP contribution is 2.17. The normalized spacial score (nSPS) is 14.4. The van der Waals surface area contributed by atoms with Crippen LogP contribution in [-0.2, 0) is 6.54 Å². The second-order valence-electron chi connectivity index (χ2n) is 7.57. The third-order valence-corrected chi connectivity index (χ3v) is 6.34. The number of nitrogens with zero attached hydrogens (tertiary/aromatic N) is 3. The van der Waals surface area contributed by atoms with Crippen molar-refractivity contribution < 1.29 is 4.79 Å². The fourth-order valence-corrected chi connectivity index (χ4v) is 4.40. The molecule has 0 aliphatic carbocycles. The SMILES string of the molecule is O=C(NCCSc1ccccn1)c1ccc(CN2CCN(c3ccccc3)CC2)cc1. The Labute approximate surface area is 188 Å². The third-order valence-electron chi connectivity index (χ3n) is 5.39. The minimum atomic E-state index is -0.0235. The number of hydrogen-bond acceptors (Lipinski definition) is 5. The lowest BCUT2D eigenvalue weighted by atomic mass is 10.1. The molecule has 1 aliphatic rings. The summed E-state index contributed by atoms with van der Waals surface area (Å²) >= 11 is 1.64. The minimum absolute atomic E-state index is 0.0235. The van der Waals surface area contributed by atoms with Crippen LogP contribution in [-0.4, -0.2) is 54.3 Å². The molecule has 4 rings (SSSR count).